The van der Waals surface area contributed by atoms with Gasteiger partial charge in [-0.1, -0.05) is 14.9 Å². The Hall–Kier alpha value is -1.58. The number of hydrogen-bond donors (Lipinski definition) is 0. The van der Waals surface area contributed by atoms with E-state index in [0.717, 1.165) is 22.3 Å². The Balaban J connectivity index is 0. The third kappa shape index (κ3) is 4.35. The molecule has 0 saturated heterocycles. The summed E-state index contributed by atoms with van der Waals surface area (Å²) in [4.78, 5) is 21.0. The maximum absolute atomic E-state index is 10.5. The number of ether oxygens (including phenoxy) is 2. The molecule has 0 aromatic carbocycles. The summed E-state index contributed by atoms with van der Waals surface area (Å²) in [6.07, 6.45) is 0. The predicted molar refractivity (Wildman–Crippen MR) is 72.1 cm³/mol. The highest BCUT2D eigenvalue weighted by Gasteiger charge is 2.16. The number of esters is 2. The summed E-state index contributed by atoms with van der Waals surface area (Å²) in [6.45, 7) is 8.35. The lowest BCUT2D eigenvalue weighted by Crippen LogP contribution is -1.94. The summed E-state index contributed by atoms with van der Waals surface area (Å²) in [5.74, 6) is -0.329. The van der Waals surface area contributed by atoms with Gasteiger partial charge in [-0.2, -0.15) is 0 Å². The van der Waals surface area contributed by atoms with Gasteiger partial charge < -0.3 is 9.47 Å². The van der Waals surface area contributed by atoms with Crippen molar-refractivity contribution in [2.45, 2.75) is 42.5 Å². The van der Waals surface area contributed by atoms with E-state index in [0.29, 0.717) is 13.2 Å². The largest absolute Gasteiger partial charge is 0.458 e. The van der Waals surface area contributed by atoms with Crippen LogP contribution in [0.2, 0.25) is 0 Å². The zero-order valence-corrected chi connectivity index (χ0v) is 10.0. The SMILES string of the molecule is C.C.CC1=C(C)C(=O)OC1.CC1=C(C)C(=O)OC1. The molecule has 0 N–H and O–H groups in total. The van der Waals surface area contributed by atoms with Crippen molar-refractivity contribution in [3.8, 4) is 0 Å². The van der Waals surface area contributed by atoms with E-state index < -0.39 is 0 Å². The van der Waals surface area contributed by atoms with Gasteiger partial charge in [-0.15, -0.1) is 0 Å². The molecule has 0 radical (unpaired) electrons. The number of hydrogen-bond acceptors (Lipinski definition) is 4. The molecule has 104 valence electrons. The Morgan fingerprint density at radius 3 is 1.06 bits per heavy atom. The van der Waals surface area contributed by atoms with Gasteiger partial charge in [0.2, 0.25) is 0 Å². The summed E-state index contributed by atoms with van der Waals surface area (Å²) in [5, 5.41) is 0. The van der Waals surface area contributed by atoms with Crippen LogP contribution in [0.1, 0.15) is 42.5 Å². The first-order valence-corrected chi connectivity index (χ1v) is 5.10. The fourth-order valence-electron chi connectivity index (χ4n) is 1.13. The standard InChI is InChI=1S/2C6H8O2.2CH4/c2*1-4-3-8-6(7)5(4)2;;/h2*3H2,1-2H3;2*1H4. The molecular weight excluding hydrogens is 232 g/mol. The van der Waals surface area contributed by atoms with Gasteiger partial charge in [0.1, 0.15) is 13.2 Å². The normalized spacial score (nSPS) is 17.3. The molecule has 0 atom stereocenters. The smallest absolute Gasteiger partial charge is 0.334 e. The molecule has 0 amide bonds. The van der Waals surface area contributed by atoms with Gasteiger partial charge in [0, 0.05) is 11.1 Å². The molecule has 18 heavy (non-hydrogen) atoms. The molecule has 2 heterocycles. The lowest BCUT2D eigenvalue weighted by atomic mass is 10.2. The van der Waals surface area contributed by atoms with Crippen LogP contribution >= 0.6 is 0 Å². The molecule has 4 nitrogen and oxygen atoms in total. The first-order chi connectivity index (χ1) is 7.43. The van der Waals surface area contributed by atoms with Crippen LogP contribution in [-0.4, -0.2) is 25.2 Å². The van der Waals surface area contributed by atoms with Crippen LogP contribution in [0.25, 0.3) is 0 Å². The fraction of sp³-hybridized carbons (Fsp3) is 0.571. The predicted octanol–water partition coefficient (Wildman–Crippen LogP) is 3.03. The highest BCUT2D eigenvalue weighted by Crippen LogP contribution is 2.13. The zero-order chi connectivity index (χ0) is 12.3. The molecule has 0 aliphatic carbocycles. The van der Waals surface area contributed by atoms with Gasteiger partial charge in [0.15, 0.2) is 0 Å². The maximum Gasteiger partial charge on any atom is 0.334 e. The summed E-state index contributed by atoms with van der Waals surface area (Å²) >= 11 is 0. The van der Waals surface area contributed by atoms with E-state index in [1.165, 1.54) is 0 Å². The highest BCUT2D eigenvalue weighted by atomic mass is 16.5. The maximum atomic E-state index is 10.5. The Kier molecular flexibility index (Phi) is 8.02. The van der Waals surface area contributed by atoms with E-state index in [1.807, 2.05) is 13.8 Å². The van der Waals surface area contributed by atoms with Crippen molar-refractivity contribution in [3.63, 3.8) is 0 Å². The van der Waals surface area contributed by atoms with Gasteiger partial charge in [0.25, 0.3) is 0 Å². The molecule has 0 aromatic heterocycles. The average Bonchev–Trinajstić information content (AvgIpc) is 2.70. The van der Waals surface area contributed by atoms with E-state index >= 15 is 0 Å². The Morgan fingerprint density at radius 2 is 1.00 bits per heavy atom. The fourth-order valence-corrected chi connectivity index (χ4v) is 1.13. The minimum atomic E-state index is -0.164. The van der Waals surface area contributed by atoms with Crippen LogP contribution < -0.4 is 0 Å². The van der Waals surface area contributed by atoms with Crippen LogP contribution in [0, 0.1) is 0 Å². The molecule has 2 rings (SSSR count). The van der Waals surface area contributed by atoms with E-state index in [9.17, 15) is 9.59 Å². The molecule has 0 bridgehead atoms. The van der Waals surface area contributed by atoms with Crippen molar-refractivity contribution in [1.29, 1.82) is 0 Å². The number of carbonyl (C=O) groups is 2. The van der Waals surface area contributed by atoms with Crippen molar-refractivity contribution in [1.82, 2.24) is 0 Å². The number of rotatable bonds is 0. The van der Waals surface area contributed by atoms with E-state index in [4.69, 9.17) is 0 Å². The summed E-state index contributed by atoms with van der Waals surface area (Å²) < 4.78 is 9.33. The van der Waals surface area contributed by atoms with Gasteiger partial charge in [-0.25, -0.2) is 9.59 Å². The summed E-state index contributed by atoms with van der Waals surface area (Å²) in [5.41, 5.74) is 3.64. The van der Waals surface area contributed by atoms with Crippen LogP contribution in [0.5, 0.6) is 0 Å². The second kappa shape index (κ2) is 7.69. The minimum absolute atomic E-state index is 0. The molecule has 0 fully saturated rings. The van der Waals surface area contributed by atoms with Gasteiger partial charge in [-0.3, -0.25) is 0 Å². The molecule has 2 aliphatic heterocycles. The topological polar surface area (TPSA) is 52.6 Å². The van der Waals surface area contributed by atoms with Crippen LogP contribution in [0.3, 0.4) is 0 Å². The Bertz CT molecular complexity index is 351. The van der Waals surface area contributed by atoms with E-state index in [-0.39, 0.29) is 26.8 Å². The van der Waals surface area contributed by atoms with Crippen LogP contribution in [-0.2, 0) is 19.1 Å². The van der Waals surface area contributed by atoms with Crippen LogP contribution in [0.4, 0.5) is 0 Å². The minimum Gasteiger partial charge on any atom is -0.458 e. The van der Waals surface area contributed by atoms with Crippen LogP contribution in [0.15, 0.2) is 22.3 Å². The second-order valence-electron chi connectivity index (χ2n) is 3.96. The Labute approximate surface area is 110 Å². The average molecular weight is 256 g/mol. The molecule has 2 aliphatic rings. The monoisotopic (exact) mass is 256 g/mol. The van der Waals surface area contributed by atoms with Gasteiger partial charge in [0.05, 0.1) is 0 Å². The lowest BCUT2D eigenvalue weighted by Gasteiger charge is -1.86. The molecular formula is C14H24O4. The zero-order valence-electron chi connectivity index (χ0n) is 10.0. The van der Waals surface area contributed by atoms with Crippen molar-refractivity contribution in [2.24, 2.45) is 0 Å². The second-order valence-corrected chi connectivity index (χ2v) is 3.96. The molecule has 0 spiro atoms. The molecule has 4 heteroatoms. The van der Waals surface area contributed by atoms with E-state index in [1.54, 1.807) is 13.8 Å². The first-order valence-electron chi connectivity index (χ1n) is 5.10. The molecule has 0 unspecified atom stereocenters. The van der Waals surface area contributed by atoms with Crippen molar-refractivity contribution >= 4 is 11.9 Å². The number of cyclic esters (lactones) is 2. The van der Waals surface area contributed by atoms with E-state index in [2.05, 4.69) is 9.47 Å². The van der Waals surface area contributed by atoms with Gasteiger partial charge >= 0.3 is 11.9 Å². The summed E-state index contributed by atoms with van der Waals surface area (Å²) in [6, 6.07) is 0. The highest BCUT2D eigenvalue weighted by molar-refractivity contribution is 5.91. The lowest BCUT2D eigenvalue weighted by molar-refractivity contribution is -0.136. The van der Waals surface area contributed by atoms with Gasteiger partial charge in [-0.05, 0) is 38.8 Å². The van der Waals surface area contributed by atoms with Crippen molar-refractivity contribution in [2.75, 3.05) is 13.2 Å². The van der Waals surface area contributed by atoms with Crippen molar-refractivity contribution in [3.05, 3.63) is 22.3 Å². The quantitative estimate of drug-likeness (QED) is 0.625. The Morgan fingerprint density at radius 1 is 0.722 bits per heavy atom. The molecule has 0 aromatic rings. The molecule has 0 saturated carbocycles. The first kappa shape index (κ1) is 18.8. The van der Waals surface area contributed by atoms with Crippen molar-refractivity contribution < 1.29 is 19.1 Å². The number of carbonyl (C=O) groups excluding carboxylic acids is 2. The summed E-state index contributed by atoms with van der Waals surface area (Å²) in [7, 11) is 0. The third-order valence-electron chi connectivity index (χ3n) is 2.73. The third-order valence-corrected chi connectivity index (χ3v) is 2.73.